The molecule has 20 heavy (non-hydrogen) atoms. The van der Waals surface area contributed by atoms with Gasteiger partial charge in [-0.3, -0.25) is 0 Å². The summed E-state index contributed by atoms with van der Waals surface area (Å²) in [5.74, 6) is 1.01. The van der Waals surface area contributed by atoms with Crippen molar-refractivity contribution >= 4 is 27.3 Å². The van der Waals surface area contributed by atoms with Crippen LogP contribution < -0.4 is 10.1 Å². The topological polar surface area (TPSA) is 21.3 Å². The molecule has 106 valence electrons. The van der Waals surface area contributed by atoms with E-state index in [0.717, 1.165) is 18.7 Å². The van der Waals surface area contributed by atoms with Crippen LogP contribution in [-0.4, -0.2) is 5.60 Å². The third-order valence-electron chi connectivity index (χ3n) is 3.53. The van der Waals surface area contributed by atoms with Crippen LogP contribution in [-0.2, 0) is 6.54 Å². The predicted octanol–water partition coefficient (Wildman–Crippen LogP) is 4.90. The standard InChI is InChI=1S/C16H18BrNOS/c1-16(2)9-13(12-5-3-4-6-14(12)19-16)18-10-11-7-8-15(17)20-11/h3-8,13,18H,9-10H2,1-2H3. The van der Waals surface area contributed by atoms with E-state index in [2.05, 4.69) is 65.4 Å². The van der Waals surface area contributed by atoms with Crippen molar-refractivity contribution in [1.82, 2.24) is 5.32 Å². The molecule has 0 amide bonds. The fourth-order valence-electron chi connectivity index (χ4n) is 2.65. The Kier molecular flexibility index (Phi) is 3.89. The van der Waals surface area contributed by atoms with Gasteiger partial charge in [-0.25, -0.2) is 0 Å². The van der Waals surface area contributed by atoms with E-state index in [4.69, 9.17) is 4.74 Å². The summed E-state index contributed by atoms with van der Waals surface area (Å²) in [6, 6.07) is 12.9. The van der Waals surface area contributed by atoms with Crippen LogP contribution in [0.1, 0.15) is 36.8 Å². The van der Waals surface area contributed by atoms with Gasteiger partial charge in [-0.05, 0) is 48.0 Å². The maximum Gasteiger partial charge on any atom is 0.124 e. The largest absolute Gasteiger partial charge is 0.487 e. The van der Waals surface area contributed by atoms with Crippen LogP contribution in [0.5, 0.6) is 5.75 Å². The normalized spacial score (nSPS) is 20.2. The lowest BCUT2D eigenvalue weighted by Gasteiger charge is -2.38. The van der Waals surface area contributed by atoms with Gasteiger partial charge in [0.1, 0.15) is 11.4 Å². The number of thiophene rings is 1. The Balaban J connectivity index is 1.78. The number of nitrogens with one attached hydrogen (secondary N) is 1. The number of hydrogen-bond acceptors (Lipinski definition) is 3. The van der Waals surface area contributed by atoms with Crippen molar-refractivity contribution in [2.45, 2.75) is 38.5 Å². The van der Waals surface area contributed by atoms with Crippen molar-refractivity contribution in [3.05, 3.63) is 50.6 Å². The van der Waals surface area contributed by atoms with Crippen molar-refractivity contribution in [2.24, 2.45) is 0 Å². The highest BCUT2D eigenvalue weighted by atomic mass is 79.9. The van der Waals surface area contributed by atoms with Crippen LogP contribution in [0.15, 0.2) is 40.2 Å². The van der Waals surface area contributed by atoms with E-state index >= 15 is 0 Å². The van der Waals surface area contributed by atoms with E-state index in [0.29, 0.717) is 6.04 Å². The molecule has 1 aliphatic rings. The van der Waals surface area contributed by atoms with Gasteiger partial charge in [-0.2, -0.15) is 0 Å². The number of para-hydroxylation sites is 1. The molecule has 0 bridgehead atoms. The number of hydrogen-bond donors (Lipinski definition) is 1. The fourth-order valence-corrected chi connectivity index (χ4v) is 4.09. The fraction of sp³-hybridized carbons (Fsp3) is 0.375. The molecule has 1 atom stereocenters. The molecule has 2 aromatic rings. The van der Waals surface area contributed by atoms with Crippen LogP contribution in [0.2, 0.25) is 0 Å². The number of ether oxygens (including phenoxy) is 1. The average molecular weight is 352 g/mol. The van der Waals surface area contributed by atoms with E-state index in [1.807, 2.05) is 6.07 Å². The molecule has 0 spiro atoms. The Hall–Kier alpha value is -0.840. The van der Waals surface area contributed by atoms with Gasteiger partial charge in [-0.15, -0.1) is 11.3 Å². The van der Waals surface area contributed by atoms with Gasteiger partial charge in [0.15, 0.2) is 0 Å². The van der Waals surface area contributed by atoms with Gasteiger partial charge < -0.3 is 10.1 Å². The molecule has 0 radical (unpaired) electrons. The minimum atomic E-state index is -0.123. The molecule has 1 unspecified atom stereocenters. The molecule has 2 heterocycles. The highest BCUT2D eigenvalue weighted by Gasteiger charge is 2.33. The molecule has 1 aliphatic heterocycles. The first-order chi connectivity index (χ1) is 9.53. The van der Waals surface area contributed by atoms with Gasteiger partial charge >= 0.3 is 0 Å². The minimum Gasteiger partial charge on any atom is -0.487 e. The molecule has 0 saturated carbocycles. The van der Waals surface area contributed by atoms with Gasteiger partial charge in [0.2, 0.25) is 0 Å². The molecule has 0 aliphatic carbocycles. The summed E-state index contributed by atoms with van der Waals surface area (Å²) < 4.78 is 7.24. The van der Waals surface area contributed by atoms with Crippen LogP contribution in [0.4, 0.5) is 0 Å². The number of benzene rings is 1. The Morgan fingerprint density at radius 1 is 1.30 bits per heavy atom. The van der Waals surface area contributed by atoms with Crippen LogP contribution in [0, 0.1) is 0 Å². The van der Waals surface area contributed by atoms with E-state index in [1.165, 1.54) is 14.2 Å². The first-order valence-electron chi connectivity index (χ1n) is 6.79. The molecule has 0 fully saturated rings. The maximum atomic E-state index is 6.06. The summed E-state index contributed by atoms with van der Waals surface area (Å²) in [6.07, 6.45) is 0.983. The molecule has 4 heteroatoms. The summed E-state index contributed by atoms with van der Waals surface area (Å²) in [4.78, 5) is 1.35. The third kappa shape index (κ3) is 3.08. The molecule has 0 saturated heterocycles. The smallest absolute Gasteiger partial charge is 0.124 e. The van der Waals surface area contributed by atoms with Gasteiger partial charge in [-0.1, -0.05) is 18.2 Å². The van der Waals surface area contributed by atoms with Crippen molar-refractivity contribution in [3.63, 3.8) is 0 Å². The Morgan fingerprint density at radius 2 is 2.10 bits per heavy atom. The van der Waals surface area contributed by atoms with E-state index in [-0.39, 0.29) is 5.60 Å². The first kappa shape index (κ1) is 14.1. The Labute approximate surface area is 132 Å². The molecular formula is C16H18BrNOS. The SMILES string of the molecule is CC1(C)CC(NCc2ccc(Br)s2)c2ccccc2O1. The zero-order valence-electron chi connectivity index (χ0n) is 11.7. The minimum absolute atomic E-state index is 0.123. The van der Waals surface area contributed by atoms with E-state index in [9.17, 15) is 0 Å². The predicted molar refractivity (Wildman–Crippen MR) is 87.4 cm³/mol. The van der Waals surface area contributed by atoms with Gasteiger partial charge in [0, 0.05) is 29.4 Å². The summed E-state index contributed by atoms with van der Waals surface area (Å²) in [5, 5.41) is 3.67. The summed E-state index contributed by atoms with van der Waals surface area (Å²) in [6.45, 7) is 5.20. The second-order valence-corrected chi connectivity index (χ2v) is 8.29. The van der Waals surface area contributed by atoms with E-state index in [1.54, 1.807) is 11.3 Å². The zero-order valence-corrected chi connectivity index (χ0v) is 14.1. The highest BCUT2D eigenvalue weighted by molar-refractivity contribution is 9.11. The molecular weight excluding hydrogens is 334 g/mol. The molecule has 1 aromatic carbocycles. The molecule has 1 N–H and O–H groups in total. The summed E-state index contributed by atoms with van der Waals surface area (Å²) in [7, 11) is 0. The summed E-state index contributed by atoms with van der Waals surface area (Å²) in [5.41, 5.74) is 1.14. The van der Waals surface area contributed by atoms with Crippen molar-refractivity contribution in [2.75, 3.05) is 0 Å². The highest BCUT2D eigenvalue weighted by Crippen LogP contribution is 2.39. The quantitative estimate of drug-likeness (QED) is 0.848. The van der Waals surface area contributed by atoms with Crippen molar-refractivity contribution in [3.8, 4) is 5.75 Å². The molecule has 1 aromatic heterocycles. The lowest BCUT2D eigenvalue weighted by Crippen LogP contribution is -2.39. The lowest BCUT2D eigenvalue weighted by atomic mass is 9.90. The lowest BCUT2D eigenvalue weighted by molar-refractivity contribution is 0.0658. The number of halogens is 1. The van der Waals surface area contributed by atoms with Gasteiger partial charge in [0.05, 0.1) is 3.79 Å². The van der Waals surface area contributed by atoms with Crippen molar-refractivity contribution < 1.29 is 4.74 Å². The monoisotopic (exact) mass is 351 g/mol. The second kappa shape index (κ2) is 5.51. The van der Waals surface area contributed by atoms with Crippen LogP contribution in [0.25, 0.3) is 0 Å². The Morgan fingerprint density at radius 3 is 2.85 bits per heavy atom. The van der Waals surface area contributed by atoms with Crippen LogP contribution in [0.3, 0.4) is 0 Å². The first-order valence-corrected chi connectivity index (χ1v) is 8.40. The second-order valence-electron chi connectivity index (χ2n) is 5.74. The van der Waals surface area contributed by atoms with E-state index < -0.39 is 0 Å². The van der Waals surface area contributed by atoms with Crippen molar-refractivity contribution in [1.29, 1.82) is 0 Å². The molecule has 3 rings (SSSR count). The molecule has 2 nitrogen and oxygen atoms in total. The zero-order chi connectivity index (χ0) is 14.2. The Bertz CT molecular complexity index is 608. The van der Waals surface area contributed by atoms with Crippen LogP contribution >= 0.6 is 27.3 Å². The maximum absolute atomic E-state index is 6.06. The number of fused-ring (bicyclic) bond motifs is 1. The third-order valence-corrected chi connectivity index (χ3v) is 5.15. The van der Waals surface area contributed by atoms with Gasteiger partial charge in [0.25, 0.3) is 0 Å². The number of rotatable bonds is 3. The average Bonchev–Trinajstić information content (AvgIpc) is 2.80. The summed E-state index contributed by atoms with van der Waals surface area (Å²) >= 11 is 5.29.